The summed E-state index contributed by atoms with van der Waals surface area (Å²) in [6.07, 6.45) is 1.72. The Bertz CT molecular complexity index is 769. The summed E-state index contributed by atoms with van der Waals surface area (Å²) < 4.78 is 24.2. The van der Waals surface area contributed by atoms with Crippen molar-refractivity contribution >= 4 is 49.2 Å². The third-order valence-electron chi connectivity index (χ3n) is 3.59. The summed E-state index contributed by atoms with van der Waals surface area (Å²) in [6, 6.07) is 5.58. The van der Waals surface area contributed by atoms with Crippen LogP contribution in [-0.4, -0.2) is 53.0 Å². The molecule has 2 amide bonds. The molecule has 0 N–H and O–H groups in total. The van der Waals surface area contributed by atoms with E-state index in [2.05, 4.69) is 9.82 Å². The highest BCUT2D eigenvalue weighted by Crippen LogP contribution is 2.34. The molecule has 1 aliphatic heterocycles. The highest BCUT2D eigenvalue weighted by molar-refractivity contribution is 8.76. The zero-order valence-corrected chi connectivity index (χ0v) is 17.1. The number of amides is 2. The number of rotatable bonds is 10. The first-order chi connectivity index (χ1) is 12.8. The molecular weight excluding hydrogens is 412 g/mol. The largest absolute Gasteiger partial charge is 0.334 e. The number of pyridine rings is 1. The van der Waals surface area contributed by atoms with E-state index in [1.165, 1.54) is 21.6 Å². The lowest BCUT2D eigenvalue weighted by Crippen LogP contribution is -2.32. The van der Waals surface area contributed by atoms with E-state index >= 15 is 0 Å². The number of imide groups is 1. The highest BCUT2D eigenvalue weighted by Gasteiger charge is 2.33. The first kappa shape index (κ1) is 21.7. The van der Waals surface area contributed by atoms with Crippen LogP contribution in [0.15, 0.2) is 29.4 Å². The molecule has 1 saturated heterocycles. The predicted molar refractivity (Wildman–Crippen MR) is 102 cm³/mol. The summed E-state index contributed by atoms with van der Waals surface area (Å²) in [5.41, 5.74) is 0. The number of hydroxylamine groups is 2. The van der Waals surface area contributed by atoms with Gasteiger partial charge in [0.15, 0.2) is 9.84 Å². The van der Waals surface area contributed by atoms with Gasteiger partial charge in [-0.15, -0.1) is 5.06 Å². The lowest BCUT2D eigenvalue weighted by atomic mass is 10.4. The van der Waals surface area contributed by atoms with Crippen LogP contribution in [0.4, 0.5) is 0 Å². The molecule has 0 aliphatic carbocycles. The average molecular weight is 433 g/mol. The van der Waals surface area contributed by atoms with Crippen LogP contribution in [0.3, 0.4) is 0 Å². The van der Waals surface area contributed by atoms with Crippen LogP contribution in [0.1, 0.15) is 32.6 Å². The van der Waals surface area contributed by atoms with Crippen molar-refractivity contribution in [1.29, 1.82) is 0 Å². The molecule has 1 unspecified atom stereocenters. The van der Waals surface area contributed by atoms with Gasteiger partial charge in [-0.3, -0.25) is 9.59 Å². The van der Waals surface area contributed by atoms with Crippen molar-refractivity contribution in [2.45, 2.75) is 42.9 Å². The summed E-state index contributed by atoms with van der Waals surface area (Å²) >= 11 is 0. The fourth-order valence-corrected chi connectivity index (χ4v) is 5.70. The minimum absolute atomic E-state index is 0.00349. The molecule has 0 radical (unpaired) electrons. The van der Waals surface area contributed by atoms with Crippen LogP contribution in [0.25, 0.3) is 0 Å². The van der Waals surface area contributed by atoms with E-state index in [0.717, 1.165) is 5.03 Å². The second-order valence-electron chi connectivity index (χ2n) is 5.89. The van der Waals surface area contributed by atoms with Gasteiger partial charge < -0.3 is 4.84 Å². The molecule has 8 nitrogen and oxygen atoms in total. The van der Waals surface area contributed by atoms with Gasteiger partial charge in [0.25, 0.3) is 11.8 Å². The van der Waals surface area contributed by atoms with Crippen molar-refractivity contribution < 1.29 is 27.6 Å². The van der Waals surface area contributed by atoms with E-state index in [0.29, 0.717) is 11.5 Å². The van der Waals surface area contributed by atoms with E-state index in [1.807, 2.05) is 25.1 Å². The second-order valence-corrected chi connectivity index (χ2v) is 10.9. The summed E-state index contributed by atoms with van der Waals surface area (Å²) in [7, 11) is -0.427. The fourth-order valence-electron chi connectivity index (χ4n) is 2.07. The summed E-state index contributed by atoms with van der Waals surface area (Å²) in [6.45, 7) is 1.93. The van der Waals surface area contributed by atoms with Crippen LogP contribution >= 0.6 is 21.6 Å². The maximum absolute atomic E-state index is 12.1. The first-order valence-corrected chi connectivity index (χ1v) is 12.3. The number of nitrogens with zero attached hydrogens (tertiary/aromatic N) is 2. The van der Waals surface area contributed by atoms with Crippen molar-refractivity contribution in [2.24, 2.45) is 0 Å². The minimum Gasteiger partial charge on any atom is -0.330 e. The Morgan fingerprint density at radius 2 is 1.96 bits per heavy atom. The highest BCUT2D eigenvalue weighted by atomic mass is 33.1. The smallest absolute Gasteiger partial charge is 0.330 e. The molecule has 2 rings (SSSR count). The standard InChI is InChI=1S/C16H20N2O6S3/c1-12(25-26-13-4-2-3-9-17-13)7-10-27(22,23)11-8-16(21)24-18-14(19)5-6-15(18)20/h2-4,9,12H,5-8,10-11H2,1H3. The van der Waals surface area contributed by atoms with Gasteiger partial charge in [-0.05, 0) is 29.3 Å². The quantitative estimate of drug-likeness (QED) is 0.405. The summed E-state index contributed by atoms with van der Waals surface area (Å²) in [4.78, 5) is 43.3. The lowest BCUT2D eigenvalue weighted by Gasteiger charge is -2.13. The summed E-state index contributed by atoms with van der Waals surface area (Å²) in [5.74, 6) is -2.53. The second kappa shape index (κ2) is 10.1. The van der Waals surface area contributed by atoms with E-state index in [4.69, 9.17) is 0 Å². The monoisotopic (exact) mass is 432 g/mol. The van der Waals surface area contributed by atoms with Crippen molar-refractivity contribution in [3.8, 4) is 0 Å². The SMILES string of the molecule is CC(CCS(=O)(=O)CCC(=O)ON1C(=O)CCC1=O)SSc1ccccn1. The van der Waals surface area contributed by atoms with Gasteiger partial charge >= 0.3 is 5.97 Å². The number of carbonyl (C=O) groups is 3. The molecule has 1 fully saturated rings. The maximum Gasteiger partial charge on any atom is 0.334 e. The Balaban J connectivity index is 1.68. The van der Waals surface area contributed by atoms with Gasteiger partial charge in [0, 0.05) is 24.3 Å². The Morgan fingerprint density at radius 1 is 1.26 bits per heavy atom. The van der Waals surface area contributed by atoms with E-state index in [9.17, 15) is 22.8 Å². The first-order valence-electron chi connectivity index (χ1n) is 8.28. The Hall–Kier alpha value is -1.59. The molecule has 27 heavy (non-hydrogen) atoms. The van der Waals surface area contributed by atoms with Gasteiger partial charge in [0.05, 0.1) is 17.9 Å². The lowest BCUT2D eigenvalue weighted by molar-refractivity contribution is -0.197. The summed E-state index contributed by atoms with van der Waals surface area (Å²) in [5, 5.41) is 1.35. The van der Waals surface area contributed by atoms with Crippen LogP contribution < -0.4 is 0 Å². The third kappa shape index (κ3) is 7.51. The third-order valence-corrected chi connectivity index (χ3v) is 8.13. The van der Waals surface area contributed by atoms with Crippen LogP contribution in [0.5, 0.6) is 0 Å². The number of aromatic nitrogens is 1. The Labute approximate surface area is 165 Å². The Morgan fingerprint density at radius 3 is 2.59 bits per heavy atom. The topological polar surface area (TPSA) is 111 Å². The molecule has 1 aromatic heterocycles. The van der Waals surface area contributed by atoms with Gasteiger partial charge in [-0.2, -0.15) is 0 Å². The minimum atomic E-state index is -3.44. The van der Waals surface area contributed by atoms with E-state index < -0.39 is 34.0 Å². The Kier molecular flexibility index (Phi) is 8.11. The van der Waals surface area contributed by atoms with Crippen molar-refractivity contribution in [2.75, 3.05) is 11.5 Å². The molecular formula is C16H20N2O6S3. The zero-order valence-electron chi connectivity index (χ0n) is 14.7. The molecule has 0 bridgehead atoms. The molecule has 148 valence electrons. The van der Waals surface area contributed by atoms with Crippen molar-refractivity contribution in [3.05, 3.63) is 24.4 Å². The average Bonchev–Trinajstić information content (AvgIpc) is 2.96. The fraction of sp³-hybridized carbons (Fsp3) is 0.500. The van der Waals surface area contributed by atoms with Crippen molar-refractivity contribution in [1.82, 2.24) is 10.0 Å². The van der Waals surface area contributed by atoms with Gasteiger partial charge in [-0.1, -0.05) is 23.8 Å². The maximum atomic E-state index is 12.1. The van der Waals surface area contributed by atoms with Gasteiger partial charge in [0.1, 0.15) is 5.03 Å². The molecule has 0 spiro atoms. The van der Waals surface area contributed by atoms with Crippen LogP contribution in [0, 0.1) is 0 Å². The normalized spacial score (nSPS) is 15.8. The molecule has 1 aromatic rings. The van der Waals surface area contributed by atoms with E-state index in [-0.39, 0.29) is 29.6 Å². The molecule has 11 heteroatoms. The van der Waals surface area contributed by atoms with Crippen LogP contribution in [-0.2, 0) is 29.1 Å². The molecule has 1 atom stereocenters. The molecule has 1 aliphatic rings. The molecule has 0 aromatic carbocycles. The number of carbonyl (C=O) groups excluding carboxylic acids is 3. The number of sulfone groups is 1. The predicted octanol–water partition coefficient (Wildman–Crippen LogP) is 2.01. The van der Waals surface area contributed by atoms with Gasteiger partial charge in [-0.25, -0.2) is 18.2 Å². The molecule has 0 saturated carbocycles. The van der Waals surface area contributed by atoms with Gasteiger partial charge in [0.2, 0.25) is 0 Å². The van der Waals surface area contributed by atoms with E-state index in [1.54, 1.807) is 6.20 Å². The zero-order chi connectivity index (χ0) is 19.9. The number of hydrogen-bond donors (Lipinski definition) is 0. The molecule has 2 heterocycles. The van der Waals surface area contributed by atoms with Crippen LogP contribution in [0.2, 0.25) is 0 Å². The number of hydrogen-bond acceptors (Lipinski definition) is 9. The van der Waals surface area contributed by atoms with Crippen molar-refractivity contribution in [3.63, 3.8) is 0 Å².